The topological polar surface area (TPSA) is 214 Å². The number of hydrogen-bond donors (Lipinski definition) is 7. The Labute approximate surface area is 187 Å². The molecule has 12 heteroatoms. The van der Waals surface area contributed by atoms with Crippen molar-refractivity contribution in [2.75, 3.05) is 0 Å². The van der Waals surface area contributed by atoms with Crippen molar-refractivity contribution in [1.82, 2.24) is 16.0 Å². The molecule has 5 atom stereocenters. The highest BCUT2D eigenvalue weighted by molar-refractivity contribution is 5.94. The van der Waals surface area contributed by atoms with Gasteiger partial charge in [0.25, 0.3) is 0 Å². The first-order valence-electron chi connectivity index (χ1n) is 10.5. The van der Waals surface area contributed by atoms with Gasteiger partial charge >= 0.3 is 5.97 Å². The van der Waals surface area contributed by atoms with E-state index in [0.29, 0.717) is 0 Å². The zero-order chi connectivity index (χ0) is 25.2. The van der Waals surface area contributed by atoms with Gasteiger partial charge in [-0.1, -0.05) is 27.7 Å². The summed E-state index contributed by atoms with van der Waals surface area (Å²) < 4.78 is 0. The average molecular weight is 460 g/mol. The molecular formula is C20H37N5O7. The van der Waals surface area contributed by atoms with E-state index in [0.717, 1.165) is 0 Å². The van der Waals surface area contributed by atoms with Crippen LogP contribution < -0.4 is 27.4 Å². The number of nitrogens with two attached hydrogens (primary N) is 2. The van der Waals surface area contributed by atoms with Crippen LogP contribution in [0.5, 0.6) is 0 Å². The lowest BCUT2D eigenvalue weighted by Crippen LogP contribution is -2.58. The van der Waals surface area contributed by atoms with Gasteiger partial charge in [-0.05, 0) is 31.6 Å². The van der Waals surface area contributed by atoms with Crippen molar-refractivity contribution in [2.24, 2.45) is 23.3 Å². The van der Waals surface area contributed by atoms with E-state index in [4.69, 9.17) is 11.5 Å². The molecule has 0 aliphatic carbocycles. The van der Waals surface area contributed by atoms with Crippen LogP contribution in [0.4, 0.5) is 0 Å². The molecule has 0 bridgehead atoms. The molecule has 0 rings (SSSR count). The summed E-state index contributed by atoms with van der Waals surface area (Å²) in [5.41, 5.74) is 10.7. The van der Waals surface area contributed by atoms with E-state index in [-0.39, 0.29) is 25.2 Å². The van der Waals surface area contributed by atoms with Crippen molar-refractivity contribution in [1.29, 1.82) is 0 Å². The Morgan fingerprint density at radius 2 is 1.34 bits per heavy atom. The molecule has 9 N–H and O–H groups in total. The van der Waals surface area contributed by atoms with Crippen LogP contribution in [0.15, 0.2) is 0 Å². The molecule has 4 amide bonds. The van der Waals surface area contributed by atoms with Crippen molar-refractivity contribution in [3.63, 3.8) is 0 Å². The Morgan fingerprint density at radius 1 is 0.844 bits per heavy atom. The van der Waals surface area contributed by atoms with Crippen molar-refractivity contribution in [2.45, 2.75) is 84.2 Å². The Hall–Kier alpha value is -2.73. The molecule has 0 radical (unpaired) electrons. The maximum Gasteiger partial charge on any atom is 0.326 e. The number of carbonyl (C=O) groups excluding carboxylic acids is 4. The molecule has 0 spiro atoms. The summed E-state index contributed by atoms with van der Waals surface area (Å²) in [6, 6.07) is -4.79. The van der Waals surface area contributed by atoms with Crippen LogP contribution in [-0.4, -0.2) is 70.1 Å². The molecule has 0 aromatic carbocycles. The third kappa shape index (κ3) is 10.5. The molecule has 0 aromatic rings. The molecule has 0 aliphatic heterocycles. The van der Waals surface area contributed by atoms with Gasteiger partial charge in [-0.2, -0.15) is 0 Å². The van der Waals surface area contributed by atoms with Gasteiger partial charge in [0.2, 0.25) is 23.6 Å². The van der Waals surface area contributed by atoms with E-state index < -0.39 is 65.8 Å². The van der Waals surface area contributed by atoms with E-state index in [2.05, 4.69) is 16.0 Å². The standard InChI is InChI=1S/C20H37N5O7/c1-9(2)8-13(18(29)25-16(10(3)4)20(31)32)24-17(28)12(6-7-14(21)27)23-19(30)15(22)11(5)26/h9-13,15-16,26H,6-8,22H2,1-5H3,(H2,21,27)(H,23,30)(H,24,28)(H,25,29)(H,31,32). The van der Waals surface area contributed by atoms with Crippen LogP contribution in [0, 0.1) is 11.8 Å². The van der Waals surface area contributed by atoms with Gasteiger partial charge in [0, 0.05) is 6.42 Å². The zero-order valence-corrected chi connectivity index (χ0v) is 19.3. The second-order valence-corrected chi connectivity index (χ2v) is 8.59. The number of carboxylic acids is 1. The molecule has 12 nitrogen and oxygen atoms in total. The monoisotopic (exact) mass is 459 g/mol. The number of hydrogen-bond acceptors (Lipinski definition) is 7. The van der Waals surface area contributed by atoms with Crippen LogP contribution in [0.2, 0.25) is 0 Å². The van der Waals surface area contributed by atoms with Gasteiger partial charge in [0.1, 0.15) is 24.2 Å². The largest absolute Gasteiger partial charge is 0.480 e. The van der Waals surface area contributed by atoms with E-state index in [9.17, 15) is 34.2 Å². The number of rotatable bonds is 14. The predicted octanol–water partition coefficient (Wildman–Crippen LogP) is -1.80. The number of carboxylic acid groups (broad SMARTS) is 1. The molecule has 0 heterocycles. The number of primary amides is 1. The Kier molecular flexibility index (Phi) is 12.5. The lowest BCUT2D eigenvalue weighted by Gasteiger charge is -2.27. The molecule has 5 unspecified atom stereocenters. The molecule has 0 saturated carbocycles. The van der Waals surface area contributed by atoms with Crippen molar-refractivity contribution >= 4 is 29.6 Å². The second-order valence-electron chi connectivity index (χ2n) is 8.59. The molecule has 184 valence electrons. The molecule has 0 aliphatic rings. The molecule has 0 saturated heterocycles. The maximum absolute atomic E-state index is 12.9. The first-order valence-corrected chi connectivity index (χ1v) is 10.5. The number of amides is 4. The van der Waals surface area contributed by atoms with Crippen molar-refractivity contribution in [3.05, 3.63) is 0 Å². The van der Waals surface area contributed by atoms with Gasteiger partial charge in [0.05, 0.1) is 6.10 Å². The number of nitrogens with one attached hydrogen (secondary N) is 3. The summed E-state index contributed by atoms with van der Waals surface area (Å²) in [4.78, 5) is 60.4. The maximum atomic E-state index is 12.9. The van der Waals surface area contributed by atoms with Gasteiger partial charge in [0.15, 0.2) is 0 Å². The van der Waals surface area contributed by atoms with E-state index in [1.807, 2.05) is 13.8 Å². The smallest absolute Gasteiger partial charge is 0.326 e. The van der Waals surface area contributed by atoms with E-state index in [1.54, 1.807) is 13.8 Å². The normalized spacial score (nSPS) is 15.9. The fraction of sp³-hybridized carbons (Fsp3) is 0.750. The van der Waals surface area contributed by atoms with Crippen LogP contribution in [0.3, 0.4) is 0 Å². The van der Waals surface area contributed by atoms with Gasteiger partial charge < -0.3 is 37.6 Å². The van der Waals surface area contributed by atoms with Crippen LogP contribution in [0.1, 0.15) is 53.9 Å². The highest BCUT2D eigenvalue weighted by atomic mass is 16.4. The SMILES string of the molecule is CC(C)CC(NC(=O)C(CCC(N)=O)NC(=O)C(N)C(C)O)C(=O)NC(C(=O)O)C(C)C. The summed E-state index contributed by atoms with van der Waals surface area (Å²) in [6.45, 7) is 8.21. The third-order valence-corrected chi connectivity index (χ3v) is 4.71. The fourth-order valence-electron chi connectivity index (χ4n) is 2.79. The Balaban J connectivity index is 5.57. The average Bonchev–Trinajstić information content (AvgIpc) is 2.66. The molecule has 32 heavy (non-hydrogen) atoms. The van der Waals surface area contributed by atoms with Crippen LogP contribution in [-0.2, 0) is 24.0 Å². The lowest BCUT2D eigenvalue weighted by atomic mass is 9.99. The van der Waals surface area contributed by atoms with Gasteiger partial charge in [-0.25, -0.2) is 4.79 Å². The molecule has 0 aromatic heterocycles. The summed E-state index contributed by atoms with van der Waals surface area (Å²) in [5.74, 6) is -4.60. The molecular weight excluding hydrogens is 422 g/mol. The zero-order valence-electron chi connectivity index (χ0n) is 19.3. The summed E-state index contributed by atoms with van der Waals surface area (Å²) in [5, 5.41) is 26.1. The van der Waals surface area contributed by atoms with Crippen LogP contribution >= 0.6 is 0 Å². The number of aliphatic carboxylic acids is 1. The molecule has 0 fully saturated rings. The summed E-state index contributed by atoms with van der Waals surface area (Å²) >= 11 is 0. The minimum absolute atomic E-state index is 0.0318. The van der Waals surface area contributed by atoms with Crippen molar-refractivity contribution in [3.8, 4) is 0 Å². The Morgan fingerprint density at radius 3 is 1.75 bits per heavy atom. The second kappa shape index (κ2) is 13.6. The number of aliphatic hydroxyl groups excluding tert-OH is 1. The highest BCUT2D eigenvalue weighted by Gasteiger charge is 2.32. The first kappa shape index (κ1) is 29.3. The third-order valence-electron chi connectivity index (χ3n) is 4.71. The summed E-state index contributed by atoms with van der Waals surface area (Å²) in [7, 11) is 0. The predicted molar refractivity (Wildman–Crippen MR) is 116 cm³/mol. The summed E-state index contributed by atoms with van der Waals surface area (Å²) in [6.07, 6.45) is -1.36. The highest BCUT2D eigenvalue weighted by Crippen LogP contribution is 2.09. The lowest BCUT2D eigenvalue weighted by molar-refractivity contribution is -0.143. The van der Waals surface area contributed by atoms with E-state index in [1.165, 1.54) is 6.92 Å². The number of carbonyl (C=O) groups is 5. The van der Waals surface area contributed by atoms with E-state index >= 15 is 0 Å². The van der Waals surface area contributed by atoms with Gasteiger partial charge in [-0.15, -0.1) is 0 Å². The minimum Gasteiger partial charge on any atom is -0.480 e. The van der Waals surface area contributed by atoms with Gasteiger partial charge in [-0.3, -0.25) is 19.2 Å². The van der Waals surface area contributed by atoms with Crippen molar-refractivity contribution < 1.29 is 34.2 Å². The van der Waals surface area contributed by atoms with Crippen LogP contribution in [0.25, 0.3) is 0 Å². The first-order chi connectivity index (χ1) is 14.7. The number of aliphatic hydroxyl groups is 1. The Bertz CT molecular complexity index is 681. The quantitative estimate of drug-likeness (QED) is 0.157. The minimum atomic E-state index is -1.31. The fourth-order valence-corrected chi connectivity index (χ4v) is 2.79.